The number of pyridine rings is 1. The summed E-state index contributed by atoms with van der Waals surface area (Å²) in [6.07, 6.45) is 0.447. The Morgan fingerprint density at radius 2 is 1.98 bits per heavy atom. The molecule has 6 rings (SSSR count). The molecule has 15 heteroatoms. The smallest absolute Gasteiger partial charge is 0.416 e. The van der Waals surface area contributed by atoms with Crippen LogP contribution in [0.15, 0.2) is 36.7 Å². The second-order valence-corrected chi connectivity index (χ2v) is 10.8. The average Bonchev–Trinajstić information content (AvgIpc) is 3.56. The molecule has 1 aromatic carbocycles. The van der Waals surface area contributed by atoms with Crippen molar-refractivity contribution in [3.8, 4) is 17.0 Å². The number of hydrogen-bond acceptors (Lipinski definition) is 7. The highest BCUT2D eigenvalue weighted by Gasteiger charge is 2.39. The van der Waals surface area contributed by atoms with Crippen molar-refractivity contribution in [1.29, 1.82) is 0 Å². The molecule has 2 saturated heterocycles. The van der Waals surface area contributed by atoms with Crippen LogP contribution in [0, 0.1) is 5.82 Å². The molecule has 5 heterocycles. The SMILES string of the molecule is COc1cc(C(=O)Nc2cc(C(F)(F)F)ccn2)c(F)cc1-c1nc([C@@H]2CC[C@H]3CCC(=O)N3C2)n2c(Cl)cnc(N)c12. The van der Waals surface area contributed by atoms with Gasteiger partial charge in [-0.3, -0.25) is 14.0 Å². The van der Waals surface area contributed by atoms with Crippen molar-refractivity contribution in [1.82, 2.24) is 24.3 Å². The summed E-state index contributed by atoms with van der Waals surface area (Å²) in [6.45, 7) is 0.439. The Balaban J connectivity index is 1.40. The fraction of sp³-hybridized carbons (Fsp3) is 0.321. The number of carbonyl (C=O) groups is 2. The van der Waals surface area contributed by atoms with Crippen molar-refractivity contribution in [2.24, 2.45) is 0 Å². The number of ether oxygens (including phenoxy) is 1. The lowest BCUT2D eigenvalue weighted by Gasteiger charge is -2.34. The second kappa shape index (κ2) is 10.7. The Bertz CT molecular complexity index is 1780. The number of halogens is 5. The number of nitrogens with one attached hydrogen (secondary N) is 1. The standard InChI is InChI=1S/C28H24ClF4N7O3/c1-43-19-10-16(27(42)37-21-8-14(6-7-35-21)28(31,32)33)18(30)9-17(19)23-24-25(34)36-11-20(29)40(24)26(38-23)13-2-3-15-4-5-22(41)39(15)12-13/h6-11,13,15H,2-5,12H2,1H3,(H2,34,36)(H,35,37,42)/t13-,15+/m1/s1. The third kappa shape index (κ3) is 5.09. The quantitative estimate of drug-likeness (QED) is 0.290. The lowest BCUT2D eigenvalue weighted by molar-refractivity contribution is -0.137. The van der Waals surface area contributed by atoms with Gasteiger partial charge in [-0.15, -0.1) is 0 Å². The average molecular weight is 618 g/mol. The number of rotatable bonds is 5. The zero-order chi connectivity index (χ0) is 30.6. The largest absolute Gasteiger partial charge is 0.496 e. The number of alkyl halides is 3. The number of amides is 2. The Morgan fingerprint density at radius 1 is 1.19 bits per heavy atom. The van der Waals surface area contributed by atoms with Gasteiger partial charge in [-0.1, -0.05) is 11.6 Å². The molecule has 2 amide bonds. The van der Waals surface area contributed by atoms with Gasteiger partial charge in [-0.2, -0.15) is 13.2 Å². The fourth-order valence-electron chi connectivity index (χ4n) is 5.81. The topological polar surface area (TPSA) is 128 Å². The number of aromatic nitrogens is 4. The minimum Gasteiger partial charge on any atom is -0.496 e. The molecule has 2 aliphatic heterocycles. The van der Waals surface area contributed by atoms with E-state index in [2.05, 4.69) is 15.3 Å². The van der Waals surface area contributed by atoms with E-state index in [9.17, 15) is 22.8 Å². The van der Waals surface area contributed by atoms with E-state index < -0.39 is 34.8 Å². The van der Waals surface area contributed by atoms with E-state index in [1.807, 2.05) is 4.90 Å². The van der Waals surface area contributed by atoms with Crippen molar-refractivity contribution >= 4 is 40.6 Å². The molecule has 0 saturated carbocycles. The molecule has 0 radical (unpaired) electrons. The van der Waals surface area contributed by atoms with Crippen LogP contribution in [0.5, 0.6) is 5.75 Å². The summed E-state index contributed by atoms with van der Waals surface area (Å²) in [7, 11) is 1.31. The Hall–Kier alpha value is -4.46. The fourth-order valence-corrected chi connectivity index (χ4v) is 6.03. The Kier molecular flexibility index (Phi) is 7.11. The normalized spacial score (nSPS) is 18.7. The van der Waals surface area contributed by atoms with Crippen LogP contribution in [0.2, 0.25) is 5.15 Å². The predicted octanol–water partition coefficient (Wildman–Crippen LogP) is 5.31. The van der Waals surface area contributed by atoms with Gasteiger partial charge in [0.05, 0.1) is 24.4 Å². The molecule has 0 spiro atoms. The van der Waals surface area contributed by atoms with E-state index in [1.54, 1.807) is 4.40 Å². The molecular weight excluding hydrogens is 594 g/mol. The predicted molar refractivity (Wildman–Crippen MR) is 148 cm³/mol. The summed E-state index contributed by atoms with van der Waals surface area (Å²) in [5.41, 5.74) is 5.37. The van der Waals surface area contributed by atoms with Crippen LogP contribution >= 0.6 is 11.6 Å². The summed E-state index contributed by atoms with van der Waals surface area (Å²) in [6, 6.07) is 3.72. The number of benzene rings is 1. The monoisotopic (exact) mass is 617 g/mol. The highest BCUT2D eigenvalue weighted by atomic mass is 35.5. The lowest BCUT2D eigenvalue weighted by Crippen LogP contribution is -2.41. The van der Waals surface area contributed by atoms with Crippen LogP contribution in [0.4, 0.5) is 29.2 Å². The minimum atomic E-state index is -4.66. The molecular formula is C28H24ClF4N7O3. The van der Waals surface area contributed by atoms with Crippen molar-refractivity contribution < 1.29 is 31.9 Å². The summed E-state index contributed by atoms with van der Waals surface area (Å²) >= 11 is 6.57. The number of nitrogens with zero attached hydrogens (tertiary/aromatic N) is 5. The number of anilines is 2. The summed E-state index contributed by atoms with van der Waals surface area (Å²) in [5, 5.41) is 2.40. The number of carbonyl (C=O) groups excluding carboxylic acids is 2. The van der Waals surface area contributed by atoms with Crippen LogP contribution in [0.1, 0.15) is 53.3 Å². The Morgan fingerprint density at radius 3 is 2.72 bits per heavy atom. The molecule has 0 unspecified atom stereocenters. The number of methoxy groups -OCH3 is 1. The highest BCUT2D eigenvalue weighted by molar-refractivity contribution is 6.30. The molecule has 2 fully saturated rings. The van der Waals surface area contributed by atoms with Gasteiger partial charge in [0.2, 0.25) is 5.91 Å². The van der Waals surface area contributed by atoms with Crippen LogP contribution in [-0.4, -0.2) is 55.8 Å². The summed E-state index contributed by atoms with van der Waals surface area (Å²) in [5.74, 6) is -1.95. The number of nitrogen functional groups attached to an aromatic ring is 1. The van der Waals surface area contributed by atoms with Gasteiger partial charge >= 0.3 is 6.18 Å². The van der Waals surface area contributed by atoms with E-state index >= 15 is 4.39 Å². The molecule has 3 aromatic heterocycles. The van der Waals surface area contributed by atoms with Gasteiger partial charge in [0.1, 0.15) is 45.4 Å². The number of nitrogens with two attached hydrogens (primary N) is 1. The van der Waals surface area contributed by atoms with Gasteiger partial charge in [0.25, 0.3) is 5.91 Å². The van der Waals surface area contributed by atoms with Crippen LogP contribution in [0.3, 0.4) is 0 Å². The molecule has 3 N–H and O–H groups in total. The maximum absolute atomic E-state index is 15.5. The van der Waals surface area contributed by atoms with Gasteiger partial charge < -0.3 is 20.7 Å². The summed E-state index contributed by atoms with van der Waals surface area (Å²) in [4.78, 5) is 40.0. The first kappa shape index (κ1) is 28.6. The molecule has 43 heavy (non-hydrogen) atoms. The van der Waals surface area contributed by atoms with Crippen molar-refractivity contribution in [2.75, 3.05) is 24.7 Å². The first-order valence-corrected chi connectivity index (χ1v) is 13.7. The molecule has 4 aromatic rings. The van der Waals surface area contributed by atoms with Gasteiger partial charge in [-0.25, -0.2) is 19.3 Å². The first-order valence-electron chi connectivity index (χ1n) is 13.3. The number of fused-ring (bicyclic) bond motifs is 2. The van der Waals surface area contributed by atoms with Crippen molar-refractivity contribution in [2.45, 2.75) is 43.8 Å². The molecule has 0 bridgehead atoms. The Labute approximate surface area is 246 Å². The molecule has 2 atom stereocenters. The molecule has 2 aliphatic rings. The zero-order valence-electron chi connectivity index (χ0n) is 22.6. The van der Waals surface area contributed by atoms with E-state index in [-0.39, 0.29) is 45.8 Å². The zero-order valence-corrected chi connectivity index (χ0v) is 23.3. The number of imidazole rings is 1. The van der Waals surface area contributed by atoms with Gasteiger partial charge in [-0.05, 0) is 43.5 Å². The van der Waals surface area contributed by atoms with Crippen LogP contribution < -0.4 is 15.8 Å². The molecule has 224 valence electrons. The van der Waals surface area contributed by atoms with Gasteiger partial charge in [0.15, 0.2) is 0 Å². The van der Waals surface area contributed by atoms with Crippen molar-refractivity contribution in [3.05, 3.63) is 64.6 Å². The van der Waals surface area contributed by atoms with Gasteiger partial charge in [0, 0.05) is 36.7 Å². The van der Waals surface area contributed by atoms with E-state index in [1.165, 1.54) is 13.3 Å². The number of piperidine rings is 1. The molecule has 10 nitrogen and oxygen atoms in total. The van der Waals surface area contributed by atoms with Crippen LogP contribution in [-0.2, 0) is 11.0 Å². The van der Waals surface area contributed by atoms with E-state index in [4.69, 9.17) is 27.1 Å². The second-order valence-electron chi connectivity index (χ2n) is 10.4. The third-order valence-electron chi connectivity index (χ3n) is 7.87. The van der Waals surface area contributed by atoms with Crippen molar-refractivity contribution in [3.63, 3.8) is 0 Å². The first-order chi connectivity index (χ1) is 20.5. The van der Waals surface area contributed by atoms with E-state index in [0.29, 0.717) is 30.4 Å². The number of hydrogen-bond donors (Lipinski definition) is 2. The van der Waals surface area contributed by atoms with E-state index in [0.717, 1.165) is 43.7 Å². The maximum Gasteiger partial charge on any atom is 0.416 e. The highest BCUT2D eigenvalue weighted by Crippen LogP contribution is 2.42. The molecule has 0 aliphatic carbocycles. The van der Waals surface area contributed by atoms with Crippen LogP contribution in [0.25, 0.3) is 16.8 Å². The third-order valence-corrected chi connectivity index (χ3v) is 8.14. The minimum absolute atomic E-state index is 0.0351. The maximum atomic E-state index is 15.5. The lowest BCUT2D eigenvalue weighted by atomic mass is 9.92. The summed E-state index contributed by atoms with van der Waals surface area (Å²) < 4.78 is 61.9.